The first kappa shape index (κ1) is 21.0. The lowest BCUT2D eigenvalue weighted by Gasteiger charge is -2.36. The number of benzene rings is 1. The first-order chi connectivity index (χ1) is 15.5. The second kappa shape index (κ2) is 8.57. The van der Waals surface area contributed by atoms with E-state index in [1.165, 1.54) is 12.1 Å². The van der Waals surface area contributed by atoms with E-state index >= 15 is 0 Å². The molecular formula is C20H19ClFN7O2S. The van der Waals surface area contributed by atoms with Gasteiger partial charge in [0.2, 0.25) is 10.8 Å². The molecule has 0 spiro atoms. The zero-order valence-electron chi connectivity index (χ0n) is 16.8. The van der Waals surface area contributed by atoms with Crippen molar-refractivity contribution in [2.24, 2.45) is 0 Å². The molecule has 1 atom stereocenters. The van der Waals surface area contributed by atoms with Crippen molar-refractivity contribution >= 4 is 45.9 Å². The SMILES string of the molecule is [O-][S+]1CCc2nc(N3CCN(c4cc(Cl)nnc4O)CC3)nc(Nc3cccc(F)c3)c21. The smallest absolute Gasteiger partial charge is 0.254 e. The van der Waals surface area contributed by atoms with Crippen LogP contribution in [-0.2, 0) is 17.6 Å². The molecule has 12 heteroatoms. The maximum atomic E-state index is 13.6. The van der Waals surface area contributed by atoms with E-state index in [1.807, 2.05) is 9.80 Å². The summed E-state index contributed by atoms with van der Waals surface area (Å²) in [6.45, 7) is 2.38. The van der Waals surface area contributed by atoms with E-state index in [4.69, 9.17) is 11.6 Å². The number of fused-ring (bicyclic) bond motifs is 1. The third-order valence-corrected chi connectivity index (χ3v) is 7.04. The number of hydrogen-bond donors (Lipinski definition) is 2. The Hall–Kier alpha value is -2.89. The van der Waals surface area contributed by atoms with Crippen molar-refractivity contribution < 1.29 is 14.0 Å². The highest BCUT2D eigenvalue weighted by molar-refractivity contribution is 7.91. The molecule has 2 aliphatic heterocycles. The third kappa shape index (κ3) is 4.10. The van der Waals surface area contributed by atoms with Gasteiger partial charge in [-0.15, -0.1) is 10.2 Å². The second-order valence-electron chi connectivity index (χ2n) is 7.43. The van der Waals surface area contributed by atoms with Crippen LogP contribution in [0.3, 0.4) is 0 Å². The third-order valence-electron chi connectivity index (χ3n) is 5.39. The molecule has 1 aromatic carbocycles. The second-order valence-corrected chi connectivity index (χ2v) is 9.33. The highest BCUT2D eigenvalue weighted by atomic mass is 35.5. The Morgan fingerprint density at radius 2 is 1.88 bits per heavy atom. The summed E-state index contributed by atoms with van der Waals surface area (Å²) in [6, 6.07) is 7.65. The number of halogens is 2. The highest BCUT2D eigenvalue weighted by Crippen LogP contribution is 2.34. The topological polar surface area (TPSA) is 113 Å². The number of nitrogens with zero attached hydrogens (tertiary/aromatic N) is 6. The summed E-state index contributed by atoms with van der Waals surface area (Å²) in [5, 5.41) is 20.7. The summed E-state index contributed by atoms with van der Waals surface area (Å²) >= 11 is 4.72. The fraction of sp³-hybridized carbons (Fsp3) is 0.300. The number of hydrogen-bond acceptors (Lipinski definition) is 9. The predicted octanol–water partition coefficient (Wildman–Crippen LogP) is 2.50. The van der Waals surface area contributed by atoms with E-state index in [1.54, 1.807) is 18.2 Å². The molecule has 2 N–H and O–H groups in total. The molecule has 1 fully saturated rings. The van der Waals surface area contributed by atoms with E-state index < -0.39 is 11.2 Å². The molecule has 9 nitrogen and oxygen atoms in total. The van der Waals surface area contributed by atoms with Crippen LogP contribution in [-0.4, -0.2) is 61.8 Å². The standard InChI is InChI=1S/C20H19ClFN7O2S/c21-16-11-15(19(30)27-26-16)28-5-7-29(8-6-28)20-24-14-4-9-32(31)17(14)18(25-20)23-13-3-1-2-12(22)10-13/h1-3,10-11H,4-9H2,(H,27,30)(H,23,24,25). The van der Waals surface area contributed by atoms with E-state index in [9.17, 15) is 14.0 Å². The number of piperazine rings is 1. The molecule has 2 aromatic heterocycles. The molecule has 32 heavy (non-hydrogen) atoms. The Morgan fingerprint density at radius 1 is 1.09 bits per heavy atom. The van der Waals surface area contributed by atoms with Gasteiger partial charge in [0, 0.05) is 44.4 Å². The predicted molar refractivity (Wildman–Crippen MR) is 120 cm³/mol. The maximum Gasteiger partial charge on any atom is 0.254 e. The van der Waals surface area contributed by atoms with Gasteiger partial charge in [-0.3, -0.25) is 0 Å². The van der Waals surface area contributed by atoms with Crippen LogP contribution >= 0.6 is 11.6 Å². The zero-order chi connectivity index (χ0) is 22.2. The summed E-state index contributed by atoms with van der Waals surface area (Å²) in [5.41, 5.74) is 1.81. The Kier molecular flexibility index (Phi) is 5.62. The highest BCUT2D eigenvalue weighted by Gasteiger charge is 2.33. The number of anilines is 4. The lowest BCUT2D eigenvalue weighted by molar-refractivity contribution is 0.442. The minimum atomic E-state index is -1.20. The van der Waals surface area contributed by atoms with Crippen molar-refractivity contribution in [3.63, 3.8) is 0 Å². The molecule has 5 rings (SSSR count). The molecule has 0 amide bonds. The summed E-state index contributed by atoms with van der Waals surface area (Å²) in [5.74, 6) is 0.925. The van der Waals surface area contributed by atoms with Gasteiger partial charge in [0.25, 0.3) is 5.88 Å². The number of aromatic hydroxyl groups is 1. The van der Waals surface area contributed by atoms with Gasteiger partial charge < -0.3 is 24.8 Å². The maximum absolute atomic E-state index is 13.6. The summed E-state index contributed by atoms with van der Waals surface area (Å²) < 4.78 is 26.2. The minimum Gasteiger partial charge on any atom is -0.611 e. The van der Waals surface area contributed by atoms with Gasteiger partial charge >= 0.3 is 0 Å². The number of aryl methyl sites for hydroxylation is 1. The monoisotopic (exact) mass is 475 g/mol. The lowest BCUT2D eigenvalue weighted by Crippen LogP contribution is -2.47. The molecule has 3 aromatic rings. The number of rotatable bonds is 4. The summed E-state index contributed by atoms with van der Waals surface area (Å²) in [7, 11) is 0. The van der Waals surface area contributed by atoms with Crippen LogP contribution < -0.4 is 15.1 Å². The Bertz CT molecular complexity index is 1160. The van der Waals surface area contributed by atoms with Crippen molar-refractivity contribution in [1.29, 1.82) is 0 Å². The van der Waals surface area contributed by atoms with Gasteiger partial charge in [0.15, 0.2) is 11.0 Å². The van der Waals surface area contributed by atoms with Crippen LogP contribution in [0.5, 0.6) is 5.88 Å². The average molecular weight is 476 g/mol. The van der Waals surface area contributed by atoms with E-state index in [2.05, 4.69) is 25.5 Å². The van der Waals surface area contributed by atoms with Crippen LogP contribution in [0.15, 0.2) is 35.2 Å². The van der Waals surface area contributed by atoms with E-state index in [0.717, 1.165) is 5.69 Å². The Morgan fingerprint density at radius 3 is 2.66 bits per heavy atom. The van der Waals surface area contributed by atoms with Crippen LogP contribution in [0.4, 0.5) is 27.5 Å². The van der Waals surface area contributed by atoms with Crippen LogP contribution in [0.1, 0.15) is 5.69 Å². The van der Waals surface area contributed by atoms with Gasteiger partial charge in [-0.2, -0.15) is 4.98 Å². The minimum absolute atomic E-state index is 0.166. The van der Waals surface area contributed by atoms with Crippen molar-refractivity contribution in [3.05, 3.63) is 47.0 Å². The van der Waals surface area contributed by atoms with Crippen LogP contribution in [0, 0.1) is 5.82 Å². The van der Waals surface area contributed by atoms with Crippen molar-refractivity contribution in [1.82, 2.24) is 20.2 Å². The largest absolute Gasteiger partial charge is 0.611 e. The number of nitrogens with one attached hydrogen (secondary N) is 1. The van der Waals surface area contributed by atoms with Gasteiger partial charge in [0.1, 0.15) is 23.0 Å². The quantitative estimate of drug-likeness (QED) is 0.549. The molecular weight excluding hydrogens is 457 g/mol. The summed E-state index contributed by atoms with van der Waals surface area (Å²) in [6.07, 6.45) is 0.602. The Balaban J connectivity index is 1.39. The fourth-order valence-corrected chi connectivity index (χ4v) is 5.29. The van der Waals surface area contributed by atoms with E-state index in [0.29, 0.717) is 66.4 Å². The molecule has 1 unspecified atom stereocenters. The van der Waals surface area contributed by atoms with Crippen molar-refractivity contribution in [2.75, 3.05) is 47.0 Å². The molecule has 1 saturated heterocycles. The van der Waals surface area contributed by atoms with Gasteiger partial charge in [-0.25, -0.2) is 9.37 Å². The van der Waals surface area contributed by atoms with Crippen LogP contribution in [0.2, 0.25) is 5.15 Å². The van der Waals surface area contributed by atoms with Crippen molar-refractivity contribution in [2.45, 2.75) is 11.3 Å². The zero-order valence-corrected chi connectivity index (χ0v) is 18.4. The van der Waals surface area contributed by atoms with E-state index in [-0.39, 0.29) is 16.9 Å². The summed E-state index contributed by atoms with van der Waals surface area (Å²) in [4.78, 5) is 13.9. The first-order valence-corrected chi connectivity index (χ1v) is 11.7. The normalized spacial score (nSPS) is 18.0. The lowest BCUT2D eigenvalue weighted by atomic mass is 10.2. The van der Waals surface area contributed by atoms with Crippen molar-refractivity contribution in [3.8, 4) is 5.88 Å². The molecule has 0 bridgehead atoms. The van der Waals surface area contributed by atoms with Gasteiger partial charge in [0.05, 0.1) is 0 Å². The van der Waals surface area contributed by atoms with Crippen LogP contribution in [0.25, 0.3) is 0 Å². The fourth-order valence-electron chi connectivity index (χ4n) is 3.85. The average Bonchev–Trinajstić information content (AvgIpc) is 3.16. The molecule has 2 aliphatic rings. The first-order valence-electron chi connectivity index (χ1n) is 10.0. The number of aromatic nitrogens is 4. The van der Waals surface area contributed by atoms with Gasteiger partial charge in [-0.1, -0.05) is 17.7 Å². The molecule has 166 valence electrons. The Labute approximate surface area is 191 Å². The molecule has 0 saturated carbocycles. The van der Waals surface area contributed by atoms with Gasteiger partial charge in [-0.05, 0) is 29.4 Å². The molecule has 4 heterocycles. The molecule has 0 radical (unpaired) electrons. The molecule has 0 aliphatic carbocycles.